The van der Waals surface area contributed by atoms with E-state index in [1.807, 2.05) is 18.9 Å². The summed E-state index contributed by atoms with van der Waals surface area (Å²) in [6.07, 6.45) is 3.83. The third-order valence-corrected chi connectivity index (χ3v) is 6.13. The van der Waals surface area contributed by atoms with Crippen LogP contribution in [0.5, 0.6) is 0 Å². The number of amides is 1. The van der Waals surface area contributed by atoms with Gasteiger partial charge in [-0.1, -0.05) is 6.92 Å². The first-order chi connectivity index (χ1) is 18.0. The molecule has 1 aliphatic rings. The fourth-order valence-electron chi connectivity index (χ4n) is 3.88. The zero-order chi connectivity index (χ0) is 27.2. The van der Waals surface area contributed by atoms with Crippen LogP contribution >= 0.6 is 0 Å². The zero-order valence-electron chi connectivity index (χ0n) is 22.4. The van der Waals surface area contributed by atoms with Crippen molar-refractivity contribution in [2.24, 2.45) is 11.8 Å². The standard InChI is InChI=1S/C23H26FN9O2/c1-12-7-14(12)23(34)27-18-9-15-16(10-26-21(25-2)19(15)30-29-18)20-28-22-17(24)8-13(11-33(22)31-20)32(3)5-6-35-4/h8-12,14H,5-7H2,1-4H3,(H,25,26)(H,27,29,34)/t12-,14+/m1/s1/i2D3. The molecule has 1 saturated carbocycles. The predicted molar refractivity (Wildman–Crippen MR) is 130 cm³/mol. The molecule has 0 saturated heterocycles. The fourth-order valence-corrected chi connectivity index (χ4v) is 3.88. The molecule has 4 heterocycles. The lowest BCUT2D eigenvalue weighted by Gasteiger charge is -2.18. The lowest BCUT2D eigenvalue weighted by atomic mass is 10.1. The Hall–Kier alpha value is -3.93. The summed E-state index contributed by atoms with van der Waals surface area (Å²) < 4.78 is 44.1. The van der Waals surface area contributed by atoms with Crippen LogP contribution in [-0.2, 0) is 9.53 Å². The quantitative estimate of drug-likeness (QED) is 0.390. The van der Waals surface area contributed by atoms with Gasteiger partial charge in [0, 0.05) is 60.9 Å². The van der Waals surface area contributed by atoms with E-state index >= 15 is 4.39 Å². The van der Waals surface area contributed by atoms with Gasteiger partial charge < -0.3 is 20.3 Å². The second kappa shape index (κ2) is 9.02. The summed E-state index contributed by atoms with van der Waals surface area (Å²) in [7, 11) is 3.40. The second-order valence-electron chi connectivity index (χ2n) is 8.61. The molecule has 2 atom stereocenters. The Morgan fingerprint density at radius 1 is 1.40 bits per heavy atom. The SMILES string of the molecule is [2H]C([2H])([2H])Nc1ncc(-c2nc3c(F)cc(N(C)CCOC)cn3n2)c2cc(NC(=O)[C@H]3C[C@H]3C)nnc12. The minimum Gasteiger partial charge on any atom is -0.383 e. The van der Waals surface area contributed by atoms with Crippen LogP contribution in [0.3, 0.4) is 0 Å². The second-order valence-corrected chi connectivity index (χ2v) is 8.61. The number of halogens is 1. The molecular weight excluding hydrogens is 453 g/mol. The van der Waals surface area contributed by atoms with E-state index in [2.05, 4.69) is 35.9 Å². The van der Waals surface area contributed by atoms with E-state index in [9.17, 15) is 4.79 Å². The van der Waals surface area contributed by atoms with Crippen molar-refractivity contribution in [1.29, 1.82) is 0 Å². The molecule has 2 N–H and O–H groups in total. The van der Waals surface area contributed by atoms with Crippen molar-refractivity contribution in [2.75, 3.05) is 49.8 Å². The van der Waals surface area contributed by atoms with E-state index in [1.54, 1.807) is 19.4 Å². The number of hydrogen-bond donors (Lipinski definition) is 2. The van der Waals surface area contributed by atoms with Gasteiger partial charge in [-0.05, 0) is 18.4 Å². The minimum absolute atomic E-state index is 0.00000265. The Labute approximate surface area is 204 Å². The molecule has 0 unspecified atom stereocenters. The number of methoxy groups -OCH3 is 1. The van der Waals surface area contributed by atoms with Crippen LogP contribution in [0.25, 0.3) is 27.9 Å². The highest BCUT2D eigenvalue weighted by atomic mass is 19.1. The van der Waals surface area contributed by atoms with E-state index in [-0.39, 0.29) is 40.4 Å². The molecule has 0 spiro atoms. The Balaban J connectivity index is 1.59. The number of anilines is 3. The number of nitrogens with zero attached hydrogens (tertiary/aromatic N) is 7. The van der Waals surface area contributed by atoms with Gasteiger partial charge in [-0.3, -0.25) is 4.79 Å². The van der Waals surface area contributed by atoms with Crippen molar-refractivity contribution in [3.8, 4) is 11.4 Å². The maximum Gasteiger partial charge on any atom is 0.228 e. The molecule has 4 aromatic heterocycles. The largest absolute Gasteiger partial charge is 0.383 e. The first-order valence-electron chi connectivity index (χ1n) is 12.6. The van der Waals surface area contributed by atoms with Crippen molar-refractivity contribution in [3.05, 3.63) is 30.3 Å². The number of likely N-dealkylation sites (N-methyl/N-ethyl adjacent to an activating group) is 1. The number of carbonyl (C=O) groups excluding carboxylic acids is 1. The highest BCUT2D eigenvalue weighted by Crippen LogP contribution is 2.38. The van der Waals surface area contributed by atoms with E-state index in [4.69, 9.17) is 8.85 Å². The van der Waals surface area contributed by atoms with Crippen LogP contribution in [0.2, 0.25) is 0 Å². The minimum atomic E-state index is -2.53. The van der Waals surface area contributed by atoms with Crippen LogP contribution in [-0.4, -0.2) is 70.0 Å². The summed E-state index contributed by atoms with van der Waals surface area (Å²) in [5.74, 6) is -0.229. The third-order valence-electron chi connectivity index (χ3n) is 6.13. The summed E-state index contributed by atoms with van der Waals surface area (Å²) in [6.45, 7) is 0.463. The van der Waals surface area contributed by atoms with Gasteiger partial charge in [0.05, 0.1) is 18.5 Å². The van der Waals surface area contributed by atoms with Gasteiger partial charge in [0.1, 0.15) is 5.52 Å². The lowest BCUT2D eigenvalue weighted by molar-refractivity contribution is -0.117. The number of hydrogen-bond acceptors (Lipinski definition) is 9. The Morgan fingerprint density at radius 2 is 2.23 bits per heavy atom. The van der Waals surface area contributed by atoms with Gasteiger partial charge in [-0.15, -0.1) is 15.3 Å². The van der Waals surface area contributed by atoms with Gasteiger partial charge >= 0.3 is 0 Å². The average Bonchev–Trinajstić information content (AvgIpc) is 3.43. The predicted octanol–water partition coefficient (Wildman–Crippen LogP) is 2.59. The molecule has 11 nitrogen and oxygen atoms in total. The van der Waals surface area contributed by atoms with Crippen LogP contribution in [0.15, 0.2) is 24.5 Å². The van der Waals surface area contributed by atoms with Crippen molar-refractivity contribution in [1.82, 2.24) is 29.8 Å². The van der Waals surface area contributed by atoms with Gasteiger partial charge in [-0.25, -0.2) is 18.9 Å². The fraction of sp³-hybridized carbons (Fsp3) is 0.391. The molecule has 1 amide bonds. The molecule has 0 radical (unpaired) electrons. The maximum atomic E-state index is 15.0. The third kappa shape index (κ3) is 4.32. The van der Waals surface area contributed by atoms with E-state index in [0.29, 0.717) is 35.7 Å². The van der Waals surface area contributed by atoms with Crippen LogP contribution in [0.1, 0.15) is 17.5 Å². The number of aromatic nitrogens is 6. The van der Waals surface area contributed by atoms with Crippen molar-refractivity contribution < 1.29 is 18.0 Å². The monoisotopic (exact) mass is 482 g/mol. The van der Waals surface area contributed by atoms with Gasteiger partial charge in [0.25, 0.3) is 0 Å². The molecule has 182 valence electrons. The van der Waals surface area contributed by atoms with E-state index in [1.165, 1.54) is 16.8 Å². The highest BCUT2D eigenvalue weighted by molar-refractivity contribution is 6.01. The molecule has 35 heavy (non-hydrogen) atoms. The summed E-state index contributed by atoms with van der Waals surface area (Å²) in [5, 5.41) is 18.1. The summed E-state index contributed by atoms with van der Waals surface area (Å²) in [6, 6.07) is 2.92. The number of ether oxygens (including phenoxy) is 1. The number of carbonyl (C=O) groups is 1. The molecule has 4 aromatic rings. The van der Waals surface area contributed by atoms with Crippen molar-refractivity contribution >= 4 is 39.8 Å². The van der Waals surface area contributed by atoms with Crippen molar-refractivity contribution in [2.45, 2.75) is 13.3 Å². The normalized spacial score (nSPS) is 18.7. The van der Waals surface area contributed by atoms with Crippen LogP contribution < -0.4 is 15.5 Å². The molecular formula is C23H26FN9O2. The Bertz CT molecular complexity index is 1530. The van der Waals surface area contributed by atoms with E-state index < -0.39 is 12.8 Å². The first-order valence-corrected chi connectivity index (χ1v) is 11.1. The Morgan fingerprint density at radius 3 is 2.97 bits per heavy atom. The number of rotatable bonds is 8. The lowest BCUT2D eigenvalue weighted by Crippen LogP contribution is -2.22. The van der Waals surface area contributed by atoms with E-state index in [0.717, 1.165) is 6.42 Å². The Kier molecular flexibility index (Phi) is 5.00. The molecule has 0 aliphatic heterocycles. The maximum absolute atomic E-state index is 15.0. The van der Waals surface area contributed by atoms with Crippen molar-refractivity contribution in [3.63, 3.8) is 0 Å². The molecule has 0 bridgehead atoms. The number of fused-ring (bicyclic) bond motifs is 2. The summed E-state index contributed by atoms with van der Waals surface area (Å²) in [4.78, 5) is 22.9. The van der Waals surface area contributed by atoms with Gasteiger partial charge in [0.2, 0.25) is 5.91 Å². The molecule has 5 rings (SSSR count). The van der Waals surface area contributed by atoms with Gasteiger partial charge in [0.15, 0.2) is 28.9 Å². The molecule has 1 fully saturated rings. The zero-order valence-corrected chi connectivity index (χ0v) is 19.4. The number of pyridine rings is 2. The smallest absolute Gasteiger partial charge is 0.228 e. The molecule has 1 aliphatic carbocycles. The van der Waals surface area contributed by atoms with Crippen LogP contribution in [0, 0.1) is 17.7 Å². The summed E-state index contributed by atoms with van der Waals surface area (Å²) >= 11 is 0. The molecule has 0 aromatic carbocycles. The topological polar surface area (TPSA) is 122 Å². The van der Waals surface area contributed by atoms with Crippen LogP contribution in [0.4, 0.5) is 21.7 Å². The van der Waals surface area contributed by atoms with Gasteiger partial charge in [-0.2, -0.15) is 0 Å². The average molecular weight is 483 g/mol. The highest BCUT2D eigenvalue weighted by Gasteiger charge is 2.39. The first kappa shape index (κ1) is 19.4. The number of nitrogens with one attached hydrogen (secondary N) is 2. The molecule has 12 heteroatoms. The summed E-state index contributed by atoms with van der Waals surface area (Å²) in [5.41, 5.74) is 1.07.